The van der Waals surface area contributed by atoms with Gasteiger partial charge in [-0.05, 0) is 49.2 Å². The van der Waals surface area contributed by atoms with Gasteiger partial charge in [-0.2, -0.15) is 5.10 Å². The first kappa shape index (κ1) is 14.8. The number of halogens is 1. The van der Waals surface area contributed by atoms with Crippen molar-refractivity contribution in [3.63, 3.8) is 0 Å². The molecule has 1 aliphatic rings. The van der Waals surface area contributed by atoms with E-state index in [1.54, 1.807) is 0 Å². The summed E-state index contributed by atoms with van der Waals surface area (Å²) < 4.78 is 8.62. The van der Waals surface area contributed by atoms with Crippen LogP contribution in [0.15, 0.2) is 10.0 Å². The largest absolute Gasteiger partial charge is 0.379 e. The molecule has 0 bridgehead atoms. The lowest BCUT2D eigenvalue weighted by Gasteiger charge is -2.24. The van der Waals surface area contributed by atoms with E-state index in [4.69, 9.17) is 4.74 Å². The minimum absolute atomic E-state index is 0.433. The average molecular weight is 328 g/mol. The van der Waals surface area contributed by atoms with E-state index in [-0.39, 0.29) is 0 Å². The molecule has 19 heavy (non-hydrogen) atoms. The number of nitrogens with one attached hydrogen (secondary N) is 1. The second-order valence-electron chi connectivity index (χ2n) is 5.02. The van der Waals surface area contributed by atoms with Gasteiger partial charge in [-0.25, -0.2) is 0 Å². The van der Waals surface area contributed by atoms with E-state index in [1.807, 2.05) is 11.6 Å². The Morgan fingerprint density at radius 3 is 3.05 bits per heavy atom. The van der Waals surface area contributed by atoms with Gasteiger partial charge in [0.15, 0.2) is 0 Å². The van der Waals surface area contributed by atoms with Crippen molar-refractivity contribution in [2.24, 2.45) is 0 Å². The zero-order valence-corrected chi connectivity index (χ0v) is 13.5. The Morgan fingerprint density at radius 1 is 1.63 bits per heavy atom. The summed E-state index contributed by atoms with van der Waals surface area (Å²) in [5.41, 5.74) is 3.55. The predicted molar refractivity (Wildman–Crippen MR) is 81.2 cm³/mol. The molecule has 4 nitrogen and oxygen atoms in total. The van der Waals surface area contributed by atoms with Crippen LogP contribution in [0.1, 0.15) is 31.7 Å². The molecule has 0 spiro atoms. The minimum atomic E-state index is 0.433. The van der Waals surface area contributed by atoms with Gasteiger partial charge in [-0.1, -0.05) is 5.57 Å². The fraction of sp³-hybridized carbons (Fsp3) is 0.643. The summed E-state index contributed by atoms with van der Waals surface area (Å²) in [4.78, 5) is 0. The second kappa shape index (κ2) is 6.68. The van der Waals surface area contributed by atoms with E-state index in [1.165, 1.54) is 5.57 Å². The molecule has 1 aromatic rings. The molecule has 1 aromatic heterocycles. The molecule has 1 fully saturated rings. The van der Waals surface area contributed by atoms with Crippen LogP contribution in [-0.2, 0) is 11.3 Å². The van der Waals surface area contributed by atoms with Gasteiger partial charge in [0.1, 0.15) is 0 Å². The average Bonchev–Trinajstić information content (AvgIpc) is 2.67. The lowest BCUT2D eigenvalue weighted by Crippen LogP contribution is -2.41. The van der Waals surface area contributed by atoms with Crippen molar-refractivity contribution >= 4 is 22.0 Å². The van der Waals surface area contributed by atoms with Gasteiger partial charge in [0, 0.05) is 19.1 Å². The van der Waals surface area contributed by atoms with Crippen LogP contribution >= 0.6 is 15.9 Å². The van der Waals surface area contributed by atoms with E-state index >= 15 is 0 Å². The highest BCUT2D eigenvalue weighted by Crippen LogP contribution is 2.24. The zero-order chi connectivity index (χ0) is 13.8. The highest BCUT2D eigenvalue weighted by molar-refractivity contribution is 9.10. The molecule has 0 aromatic carbocycles. The monoisotopic (exact) mass is 327 g/mol. The molecule has 5 heteroatoms. The minimum Gasteiger partial charge on any atom is -0.379 e. The highest BCUT2D eigenvalue weighted by Gasteiger charge is 2.14. The lowest BCUT2D eigenvalue weighted by atomic mass is 10.1. The van der Waals surface area contributed by atoms with Crippen LogP contribution in [0.25, 0.3) is 6.08 Å². The van der Waals surface area contributed by atoms with Crippen molar-refractivity contribution in [3.8, 4) is 0 Å². The zero-order valence-electron chi connectivity index (χ0n) is 11.9. The summed E-state index contributed by atoms with van der Waals surface area (Å²) in [5.74, 6) is 0. The number of aryl methyl sites for hydroxylation is 2. The molecule has 1 atom stereocenters. The van der Waals surface area contributed by atoms with Crippen LogP contribution in [0, 0.1) is 6.92 Å². The van der Waals surface area contributed by atoms with Crippen molar-refractivity contribution in [2.75, 3.05) is 19.8 Å². The molecule has 2 rings (SSSR count). The Balaban J connectivity index is 2.11. The van der Waals surface area contributed by atoms with Crippen molar-refractivity contribution in [1.82, 2.24) is 15.1 Å². The maximum Gasteiger partial charge on any atom is 0.0754 e. The predicted octanol–water partition coefficient (Wildman–Crippen LogP) is 2.76. The standard InChI is InChI=1S/C14H22BrN3O/c1-4-18-13(14(15)11(3)17-18)8-10(2)7-12-9-19-6-5-16-12/h8,12,16H,4-7,9H2,1-3H3/b10-8-. The molecule has 0 saturated carbocycles. The topological polar surface area (TPSA) is 39.1 Å². The highest BCUT2D eigenvalue weighted by atomic mass is 79.9. The number of morpholine rings is 1. The quantitative estimate of drug-likeness (QED) is 0.924. The number of rotatable bonds is 4. The normalized spacial score (nSPS) is 20.8. The molecule has 106 valence electrons. The van der Waals surface area contributed by atoms with Crippen LogP contribution in [0.4, 0.5) is 0 Å². The summed E-state index contributed by atoms with van der Waals surface area (Å²) in [5, 5.41) is 8.00. The summed E-state index contributed by atoms with van der Waals surface area (Å²) in [6.45, 7) is 9.78. The Bertz CT molecular complexity index is 462. The fourth-order valence-corrected chi connectivity index (χ4v) is 2.79. The molecule has 0 amide bonds. The van der Waals surface area contributed by atoms with Gasteiger partial charge in [0.05, 0.1) is 29.1 Å². The first-order valence-corrected chi connectivity index (χ1v) is 7.62. The number of ether oxygens (including phenoxy) is 1. The third-order valence-corrected chi connectivity index (χ3v) is 4.32. The van der Waals surface area contributed by atoms with Gasteiger partial charge in [0.25, 0.3) is 0 Å². The fourth-order valence-electron chi connectivity index (χ4n) is 2.39. The Morgan fingerprint density at radius 2 is 2.42 bits per heavy atom. The SMILES string of the molecule is CCn1nc(C)c(Br)c1/C=C(/C)CC1COCCN1. The van der Waals surface area contributed by atoms with E-state index in [0.717, 1.165) is 48.6 Å². The lowest BCUT2D eigenvalue weighted by molar-refractivity contribution is 0.0771. The molecular formula is C14H22BrN3O. The maximum absolute atomic E-state index is 5.49. The van der Waals surface area contributed by atoms with E-state index in [9.17, 15) is 0 Å². The van der Waals surface area contributed by atoms with Crippen molar-refractivity contribution in [2.45, 2.75) is 39.8 Å². The van der Waals surface area contributed by atoms with Gasteiger partial charge < -0.3 is 10.1 Å². The van der Waals surface area contributed by atoms with Crippen LogP contribution < -0.4 is 5.32 Å². The van der Waals surface area contributed by atoms with Gasteiger partial charge in [-0.15, -0.1) is 0 Å². The summed E-state index contributed by atoms with van der Waals surface area (Å²) >= 11 is 3.63. The van der Waals surface area contributed by atoms with Crippen molar-refractivity contribution in [1.29, 1.82) is 0 Å². The van der Waals surface area contributed by atoms with Gasteiger partial charge in [0.2, 0.25) is 0 Å². The second-order valence-corrected chi connectivity index (χ2v) is 5.81. The van der Waals surface area contributed by atoms with Crippen LogP contribution in [0.2, 0.25) is 0 Å². The molecule has 0 radical (unpaired) electrons. The van der Waals surface area contributed by atoms with E-state index in [0.29, 0.717) is 6.04 Å². The smallest absolute Gasteiger partial charge is 0.0754 e. The molecule has 2 heterocycles. The number of nitrogens with zero attached hydrogens (tertiary/aromatic N) is 2. The molecule has 0 aliphatic carbocycles. The summed E-state index contributed by atoms with van der Waals surface area (Å²) in [7, 11) is 0. The summed E-state index contributed by atoms with van der Waals surface area (Å²) in [6, 6.07) is 0.433. The third-order valence-electron chi connectivity index (χ3n) is 3.34. The van der Waals surface area contributed by atoms with Gasteiger partial charge >= 0.3 is 0 Å². The van der Waals surface area contributed by atoms with Crippen LogP contribution in [0.3, 0.4) is 0 Å². The third kappa shape index (κ3) is 3.68. The van der Waals surface area contributed by atoms with E-state index in [2.05, 4.69) is 46.3 Å². The molecule has 1 aliphatic heterocycles. The molecule has 1 N–H and O–H groups in total. The van der Waals surface area contributed by atoms with Crippen LogP contribution in [-0.4, -0.2) is 35.6 Å². The van der Waals surface area contributed by atoms with Crippen molar-refractivity contribution < 1.29 is 4.74 Å². The first-order valence-electron chi connectivity index (χ1n) is 6.83. The van der Waals surface area contributed by atoms with Gasteiger partial charge in [-0.3, -0.25) is 4.68 Å². The Labute approximate surface area is 123 Å². The molecule has 1 unspecified atom stereocenters. The Hall–Kier alpha value is -0.650. The van der Waals surface area contributed by atoms with Crippen molar-refractivity contribution in [3.05, 3.63) is 21.4 Å². The number of aromatic nitrogens is 2. The maximum atomic E-state index is 5.49. The first-order chi connectivity index (χ1) is 9.11. The molecular weight excluding hydrogens is 306 g/mol. The number of hydrogen-bond acceptors (Lipinski definition) is 3. The summed E-state index contributed by atoms with van der Waals surface area (Å²) in [6.07, 6.45) is 3.24. The van der Waals surface area contributed by atoms with E-state index < -0.39 is 0 Å². The van der Waals surface area contributed by atoms with Crippen LogP contribution in [0.5, 0.6) is 0 Å². The Kier molecular flexibility index (Phi) is 5.19. The number of hydrogen-bond donors (Lipinski definition) is 1. The molecule has 1 saturated heterocycles.